The van der Waals surface area contributed by atoms with Crippen LogP contribution in [-0.2, 0) is 16.1 Å². The minimum Gasteiger partial charge on any atom is -0.393 e. The number of hydrogen-bond acceptors (Lipinski definition) is 4. The van der Waals surface area contributed by atoms with E-state index in [1.807, 2.05) is 42.5 Å². The van der Waals surface area contributed by atoms with E-state index < -0.39 is 30.5 Å². The first-order chi connectivity index (χ1) is 14.8. The van der Waals surface area contributed by atoms with Crippen molar-refractivity contribution in [1.29, 1.82) is 0 Å². The summed E-state index contributed by atoms with van der Waals surface area (Å²) in [5, 5.41) is 20.5. The van der Waals surface area contributed by atoms with E-state index in [4.69, 9.17) is 4.74 Å². The molecule has 4 nitrogen and oxygen atoms in total. The molecule has 1 aliphatic rings. The molecular formula is C25H34F2O4. The highest BCUT2D eigenvalue weighted by molar-refractivity contribution is 5.75. The summed E-state index contributed by atoms with van der Waals surface area (Å²) in [4.78, 5) is 10.9. The van der Waals surface area contributed by atoms with Crippen LogP contribution in [-0.4, -0.2) is 40.7 Å². The molecule has 0 saturated heterocycles. The minimum absolute atomic E-state index is 0.0749. The van der Waals surface area contributed by atoms with E-state index in [0.717, 1.165) is 24.5 Å². The maximum atomic E-state index is 14.3. The third kappa shape index (κ3) is 9.42. The van der Waals surface area contributed by atoms with Gasteiger partial charge in [-0.3, -0.25) is 0 Å². The second kappa shape index (κ2) is 12.8. The summed E-state index contributed by atoms with van der Waals surface area (Å²) in [6.45, 7) is 1.77. The Bertz CT molecular complexity index is 717. The standard InChI is InChI=1S/C25H34F2O4/c1-19(28)9-5-2-3-8-12-21-22(24(30)17-23(21)29)13-14-25(26,27)15-16-31-18-20-10-6-4-7-11-20/h3-4,6-8,10-11,13-14,21-24,29-30H,2,5,9,12,15-18H2,1H3/b8-3-,14-13+/t21-,22-,23+,24-/m1/s1. The van der Waals surface area contributed by atoms with Crippen molar-refractivity contribution in [3.8, 4) is 0 Å². The number of hydrogen-bond donors (Lipinski definition) is 2. The van der Waals surface area contributed by atoms with Gasteiger partial charge in [-0.15, -0.1) is 0 Å². The number of Topliss-reactive ketones (excluding diaryl/α,β-unsaturated/α-hetero) is 1. The second-order valence-corrected chi connectivity index (χ2v) is 8.32. The van der Waals surface area contributed by atoms with Gasteiger partial charge in [0.1, 0.15) is 5.78 Å². The fourth-order valence-electron chi connectivity index (χ4n) is 3.85. The molecule has 0 aliphatic heterocycles. The molecule has 4 atom stereocenters. The van der Waals surface area contributed by atoms with Gasteiger partial charge < -0.3 is 19.7 Å². The Morgan fingerprint density at radius 1 is 1.19 bits per heavy atom. The fraction of sp³-hybridized carbons (Fsp3) is 0.560. The number of carbonyl (C=O) groups excluding carboxylic acids is 1. The largest absolute Gasteiger partial charge is 0.393 e. The summed E-state index contributed by atoms with van der Waals surface area (Å²) in [5.41, 5.74) is 0.932. The molecule has 172 valence electrons. The van der Waals surface area contributed by atoms with Crippen molar-refractivity contribution < 1.29 is 28.5 Å². The van der Waals surface area contributed by atoms with Crippen LogP contribution in [0.3, 0.4) is 0 Å². The van der Waals surface area contributed by atoms with E-state index >= 15 is 0 Å². The normalized spacial score (nSPS) is 24.4. The molecule has 31 heavy (non-hydrogen) atoms. The van der Waals surface area contributed by atoms with Crippen LogP contribution in [0.15, 0.2) is 54.6 Å². The molecule has 0 aromatic heterocycles. The number of carbonyl (C=O) groups is 1. The quantitative estimate of drug-likeness (QED) is 0.343. The van der Waals surface area contributed by atoms with Gasteiger partial charge in [0.15, 0.2) is 0 Å². The Hall–Kier alpha value is -1.89. The number of ether oxygens (including phenoxy) is 1. The van der Waals surface area contributed by atoms with Crippen LogP contribution in [0.5, 0.6) is 0 Å². The molecule has 6 heteroatoms. The molecule has 0 heterocycles. The van der Waals surface area contributed by atoms with Crippen molar-refractivity contribution in [2.24, 2.45) is 11.8 Å². The lowest BCUT2D eigenvalue weighted by Crippen LogP contribution is -2.22. The molecule has 0 spiro atoms. The monoisotopic (exact) mass is 436 g/mol. The molecule has 1 aromatic rings. The molecule has 2 N–H and O–H groups in total. The number of allylic oxidation sites excluding steroid dienone is 3. The summed E-state index contributed by atoms with van der Waals surface area (Å²) < 4.78 is 33.9. The lowest BCUT2D eigenvalue weighted by Gasteiger charge is -2.20. The highest BCUT2D eigenvalue weighted by Crippen LogP contribution is 2.37. The van der Waals surface area contributed by atoms with Crippen molar-refractivity contribution >= 4 is 5.78 Å². The van der Waals surface area contributed by atoms with Crippen LogP contribution in [0.1, 0.15) is 51.0 Å². The van der Waals surface area contributed by atoms with Crippen LogP contribution in [0.4, 0.5) is 8.78 Å². The van der Waals surface area contributed by atoms with Gasteiger partial charge in [-0.25, -0.2) is 8.78 Å². The molecule has 1 saturated carbocycles. The number of benzene rings is 1. The zero-order valence-electron chi connectivity index (χ0n) is 18.1. The highest BCUT2D eigenvalue weighted by atomic mass is 19.3. The number of alkyl halides is 2. The first-order valence-corrected chi connectivity index (χ1v) is 11.0. The van der Waals surface area contributed by atoms with E-state index in [-0.39, 0.29) is 31.3 Å². The number of halogens is 2. The zero-order valence-corrected chi connectivity index (χ0v) is 18.1. The zero-order chi connectivity index (χ0) is 22.7. The maximum Gasteiger partial charge on any atom is 0.268 e. The van der Waals surface area contributed by atoms with Gasteiger partial charge in [0.2, 0.25) is 0 Å². The first-order valence-electron chi connectivity index (χ1n) is 11.0. The first kappa shape index (κ1) is 25.4. The van der Waals surface area contributed by atoms with Crippen molar-refractivity contribution in [2.45, 2.75) is 70.2 Å². The van der Waals surface area contributed by atoms with Crippen molar-refractivity contribution in [3.05, 3.63) is 60.2 Å². The number of aliphatic hydroxyl groups excluding tert-OH is 2. The average molecular weight is 437 g/mol. The lowest BCUT2D eigenvalue weighted by atomic mass is 9.89. The molecule has 1 fully saturated rings. The molecular weight excluding hydrogens is 402 g/mol. The number of rotatable bonds is 13. The molecule has 0 bridgehead atoms. The predicted molar refractivity (Wildman–Crippen MR) is 117 cm³/mol. The molecule has 0 unspecified atom stereocenters. The summed E-state index contributed by atoms with van der Waals surface area (Å²) in [6, 6.07) is 9.38. The number of aliphatic hydroxyl groups is 2. The van der Waals surface area contributed by atoms with Gasteiger partial charge in [-0.2, -0.15) is 0 Å². The molecule has 1 aromatic carbocycles. The van der Waals surface area contributed by atoms with Crippen molar-refractivity contribution in [2.75, 3.05) is 6.61 Å². The maximum absolute atomic E-state index is 14.3. The molecule has 2 rings (SSSR count). The Morgan fingerprint density at radius 3 is 2.65 bits per heavy atom. The van der Waals surface area contributed by atoms with Gasteiger partial charge >= 0.3 is 0 Å². The summed E-state index contributed by atoms with van der Waals surface area (Å²) in [6.07, 6.45) is 6.77. The van der Waals surface area contributed by atoms with E-state index in [1.54, 1.807) is 6.92 Å². The van der Waals surface area contributed by atoms with Gasteiger partial charge in [0, 0.05) is 25.2 Å². The fourth-order valence-corrected chi connectivity index (χ4v) is 3.85. The van der Waals surface area contributed by atoms with Crippen molar-refractivity contribution in [1.82, 2.24) is 0 Å². The summed E-state index contributed by atoms with van der Waals surface area (Å²) >= 11 is 0. The Morgan fingerprint density at radius 2 is 1.94 bits per heavy atom. The van der Waals surface area contributed by atoms with E-state index in [2.05, 4.69) is 0 Å². The predicted octanol–water partition coefficient (Wildman–Crippen LogP) is 4.85. The Balaban J connectivity index is 1.80. The smallest absolute Gasteiger partial charge is 0.268 e. The second-order valence-electron chi connectivity index (χ2n) is 8.32. The topological polar surface area (TPSA) is 66.8 Å². The van der Waals surface area contributed by atoms with Crippen LogP contribution in [0, 0.1) is 11.8 Å². The average Bonchev–Trinajstić information content (AvgIpc) is 2.99. The van der Waals surface area contributed by atoms with Gasteiger partial charge in [-0.05, 0) is 43.7 Å². The van der Waals surface area contributed by atoms with E-state index in [0.29, 0.717) is 12.8 Å². The van der Waals surface area contributed by atoms with Crippen molar-refractivity contribution in [3.63, 3.8) is 0 Å². The van der Waals surface area contributed by atoms with Crippen LogP contribution >= 0.6 is 0 Å². The summed E-state index contributed by atoms with van der Waals surface area (Å²) in [7, 11) is 0. The Kier molecular flexibility index (Phi) is 10.5. The lowest BCUT2D eigenvalue weighted by molar-refractivity contribution is -0.117. The summed E-state index contributed by atoms with van der Waals surface area (Å²) in [5.74, 6) is -3.72. The van der Waals surface area contributed by atoms with Gasteiger partial charge in [0.05, 0.1) is 25.4 Å². The van der Waals surface area contributed by atoms with Crippen LogP contribution < -0.4 is 0 Å². The van der Waals surface area contributed by atoms with E-state index in [9.17, 15) is 23.8 Å². The number of ketones is 1. The third-order valence-electron chi connectivity index (χ3n) is 5.64. The highest BCUT2D eigenvalue weighted by Gasteiger charge is 2.40. The van der Waals surface area contributed by atoms with Gasteiger partial charge in [0.25, 0.3) is 5.92 Å². The van der Waals surface area contributed by atoms with Crippen LogP contribution in [0.2, 0.25) is 0 Å². The van der Waals surface area contributed by atoms with E-state index in [1.165, 1.54) is 6.08 Å². The van der Waals surface area contributed by atoms with Crippen LogP contribution in [0.25, 0.3) is 0 Å². The number of unbranched alkanes of at least 4 members (excludes halogenated alkanes) is 1. The SMILES string of the molecule is CC(=O)CCC/C=C\C[C@@H]1[C@@H](/C=C/C(F)(F)CCOCc2ccccc2)[C@H](O)C[C@@H]1O. The Labute approximate surface area is 183 Å². The van der Waals surface area contributed by atoms with Gasteiger partial charge in [-0.1, -0.05) is 48.6 Å². The third-order valence-corrected chi connectivity index (χ3v) is 5.64. The molecule has 0 amide bonds. The molecule has 1 aliphatic carbocycles. The molecule has 0 radical (unpaired) electrons. The minimum atomic E-state index is -3.04.